The van der Waals surface area contributed by atoms with Gasteiger partial charge in [-0.25, -0.2) is 0 Å². The SMILES string of the molecule is C[C@@H]1CCc2sc(C(=O)NNC(=O)c3cccc[n+]3[O-])cc2C1. The van der Waals surface area contributed by atoms with E-state index in [4.69, 9.17) is 0 Å². The van der Waals surface area contributed by atoms with Crippen molar-refractivity contribution in [2.24, 2.45) is 5.92 Å². The molecule has 2 aromatic rings. The van der Waals surface area contributed by atoms with Crippen LogP contribution in [0.15, 0.2) is 30.5 Å². The molecule has 0 radical (unpaired) electrons. The molecule has 2 aromatic heterocycles. The van der Waals surface area contributed by atoms with Gasteiger partial charge in [0.1, 0.15) is 0 Å². The zero-order valence-corrected chi connectivity index (χ0v) is 13.5. The van der Waals surface area contributed by atoms with Crippen molar-refractivity contribution in [3.8, 4) is 0 Å². The minimum Gasteiger partial charge on any atom is -0.618 e. The number of amides is 2. The number of aryl methyl sites for hydroxylation is 1. The Balaban J connectivity index is 1.64. The molecule has 1 atom stereocenters. The summed E-state index contributed by atoms with van der Waals surface area (Å²) in [5.41, 5.74) is 5.79. The maximum atomic E-state index is 12.2. The number of aromatic nitrogens is 1. The summed E-state index contributed by atoms with van der Waals surface area (Å²) in [4.78, 5) is 25.9. The molecule has 120 valence electrons. The van der Waals surface area contributed by atoms with Gasteiger partial charge in [-0.3, -0.25) is 20.4 Å². The van der Waals surface area contributed by atoms with Crippen molar-refractivity contribution in [2.75, 3.05) is 0 Å². The number of hydrogen-bond donors (Lipinski definition) is 2. The molecule has 2 heterocycles. The van der Waals surface area contributed by atoms with Crippen LogP contribution in [0, 0.1) is 11.1 Å². The largest absolute Gasteiger partial charge is 0.618 e. The highest BCUT2D eigenvalue weighted by molar-refractivity contribution is 7.14. The quantitative estimate of drug-likeness (QED) is 0.498. The van der Waals surface area contributed by atoms with Gasteiger partial charge in [0.25, 0.3) is 11.6 Å². The van der Waals surface area contributed by atoms with Gasteiger partial charge in [0.2, 0.25) is 0 Å². The van der Waals surface area contributed by atoms with Crippen LogP contribution in [-0.2, 0) is 12.8 Å². The lowest BCUT2D eigenvalue weighted by Crippen LogP contribution is -2.46. The van der Waals surface area contributed by atoms with Crippen LogP contribution in [0.25, 0.3) is 0 Å². The molecule has 2 N–H and O–H groups in total. The zero-order chi connectivity index (χ0) is 16.4. The fraction of sp³-hybridized carbons (Fsp3) is 0.312. The third-order valence-corrected chi connectivity index (χ3v) is 5.14. The van der Waals surface area contributed by atoms with E-state index in [2.05, 4.69) is 17.8 Å². The maximum absolute atomic E-state index is 12.2. The Morgan fingerprint density at radius 2 is 2.09 bits per heavy atom. The molecule has 0 saturated carbocycles. The van der Waals surface area contributed by atoms with Crippen molar-refractivity contribution in [1.29, 1.82) is 0 Å². The summed E-state index contributed by atoms with van der Waals surface area (Å²) in [7, 11) is 0. The molecular weight excluding hydrogens is 314 g/mol. The summed E-state index contributed by atoms with van der Waals surface area (Å²) >= 11 is 1.47. The zero-order valence-electron chi connectivity index (χ0n) is 12.7. The lowest BCUT2D eigenvalue weighted by molar-refractivity contribution is -0.607. The number of carbonyl (C=O) groups is 2. The van der Waals surface area contributed by atoms with Crippen molar-refractivity contribution in [3.63, 3.8) is 0 Å². The van der Waals surface area contributed by atoms with Crippen molar-refractivity contribution in [3.05, 3.63) is 56.7 Å². The Morgan fingerprint density at radius 3 is 2.87 bits per heavy atom. The van der Waals surface area contributed by atoms with Gasteiger partial charge in [-0.15, -0.1) is 11.3 Å². The predicted molar refractivity (Wildman–Crippen MR) is 85.8 cm³/mol. The number of carbonyl (C=O) groups excluding carboxylic acids is 2. The smallest absolute Gasteiger partial charge is 0.335 e. The molecule has 0 saturated heterocycles. The Kier molecular flexibility index (Phi) is 4.29. The minimum absolute atomic E-state index is 0.0768. The fourth-order valence-corrected chi connectivity index (χ4v) is 3.76. The molecule has 1 aliphatic carbocycles. The van der Waals surface area contributed by atoms with Crippen LogP contribution >= 0.6 is 11.3 Å². The molecule has 6 nitrogen and oxygen atoms in total. The van der Waals surface area contributed by atoms with Crippen LogP contribution in [0.5, 0.6) is 0 Å². The topological polar surface area (TPSA) is 85.1 Å². The second-order valence-corrected chi connectivity index (χ2v) is 6.86. The highest BCUT2D eigenvalue weighted by atomic mass is 32.1. The van der Waals surface area contributed by atoms with E-state index < -0.39 is 5.91 Å². The molecule has 1 aliphatic rings. The predicted octanol–water partition coefficient (Wildman–Crippen LogP) is 1.58. The molecule has 0 bridgehead atoms. The van der Waals surface area contributed by atoms with Crippen molar-refractivity contribution >= 4 is 23.2 Å². The van der Waals surface area contributed by atoms with Crippen LogP contribution in [0.4, 0.5) is 0 Å². The first-order valence-corrected chi connectivity index (χ1v) is 8.26. The average molecular weight is 331 g/mol. The Morgan fingerprint density at radius 1 is 1.30 bits per heavy atom. The number of hydrazine groups is 1. The van der Waals surface area contributed by atoms with E-state index in [-0.39, 0.29) is 11.6 Å². The van der Waals surface area contributed by atoms with Gasteiger partial charge >= 0.3 is 5.91 Å². The Bertz CT molecular complexity index is 757. The molecule has 2 amide bonds. The van der Waals surface area contributed by atoms with Crippen molar-refractivity contribution in [2.45, 2.75) is 26.2 Å². The molecule has 0 aliphatic heterocycles. The van der Waals surface area contributed by atoms with Crippen LogP contribution in [0.2, 0.25) is 0 Å². The summed E-state index contributed by atoms with van der Waals surface area (Å²) in [6.07, 6.45) is 4.36. The maximum Gasteiger partial charge on any atom is 0.335 e. The number of nitrogens with zero attached hydrogens (tertiary/aromatic N) is 1. The standard InChI is InChI=1S/C16H17N3O3S/c1-10-5-6-13-11(8-10)9-14(23-13)16(21)18-17-15(20)12-4-2-3-7-19(12)22/h2-4,7,9-10H,5-6,8H2,1H3,(H,17,20)(H,18,21)/t10-/m1/s1. The van der Waals surface area contributed by atoms with Crippen LogP contribution in [0.3, 0.4) is 0 Å². The number of thiophene rings is 1. The first kappa shape index (κ1) is 15.5. The van der Waals surface area contributed by atoms with E-state index in [0.717, 1.165) is 19.3 Å². The second-order valence-electron chi connectivity index (χ2n) is 5.73. The summed E-state index contributed by atoms with van der Waals surface area (Å²) in [6.45, 7) is 2.21. The molecule has 7 heteroatoms. The summed E-state index contributed by atoms with van der Waals surface area (Å²) in [5, 5.41) is 11.5. The normalized spacial score (nSPS) is 16.5. The number of nitrogens with one attached hydrogen (secondary N) is 2. The van der Waals surface area contributed by atoms with Crippen LogP contribution in [0.1, 0.15) is 43.9 Å². The molecule has 23 heavy (non-hydrogen) atoms. The van der Waals surface area contributed by atoms with E-state index in [9.17, 15) is 14.8 Å². The Labute approximate surface area is 137 Å². The monoisotopic (exact) mass is 331 g/mol. The first-order valence-electron chi connectivity index (χ1n) is 7.45. The third kappa shape index (κ3) is 3.34. The number of fused-ring (bicyclic) bond motifs is 1. The fourth-order valence-electron chi connectivity index (χ4n) is 2.66. The van der Waals surface area contributed by atoms with E-state index in [1.807, 2.05) is 6.07 Å². The van der Waals surface area contributed by atoms with E-state index in [1.165, 1.54) is 40.1 Å². The van der Waals surface area contributed by atoms with E-state index >= 15 is 0 Å². The van der Waals surface area contributed by atoms with Gasteiger partial charge in [0.15, 0.2) is 6.20 Å². The summed E-state index contributed by atoms with van der Waals surface area (Å²) in [6, 6.07) is 6.40. The Hall–Kier alpha value is -2.41. The van der Waals surface area contributed by atoms with Crippen molar-refractivity contribution < 1.29 is 14.3 Å². The lowest BCUT2D eigenvalue weighted by Gasteiger charge is -2.16. The van der Waals surface area contributed by atoms with Gasteiger partial charge in [0.05, 0.1) is 4.88 Å². The highest BCUT2D eigenvalue weighted by Crippen LogP contribution is 2.32. The number of rotatable bonds is 2. The van der Waals surface area contributed by atoms with Crippen LogP contribution in [-0.4, -0.2) is 11.8 Å². The van der Waals surface area contributed by atoms with Crippen molar-refractivity contribution in [1.82, 2.24) is 10.9 Å². The molecule has 0 spiro atoms. The molecule has 0 fully saturated rings. The number of pyridine rings is 1. The highest BCUT2D eigenvalue weighted by Gasteiger charge is 2.21. The van der Waals surface area contributed by atoms with Gasteiger partial charge < -0.3 is 5.21 Å². The summed E-state index contributed by atoms with van der Waals surface area (Å²) in [5.74, 6) is -0.374. The van der Waals surface area contributed by atoms with Gasteiger partial charge in [-0.05, 0) is 42.9 Å². The molecule has 3 rings (SSSR count). The second kappa shape index (κ2) is 6.37. The third-order valence-electron chi connectivity index (χ3n) is 3.90. The molecule has 0 aromatic carbocycles. The summed E-state index contributed by atoms with van der Waals surface area (Å²) < 4.78 is 0.451. The van der Waals surface area contributed by atoms with Gasteiger partial charge in [0, 0.05) is 17.0 Å². The van der Waals surface area contributed by atoms with Crippen LogP contribution < -0.4 is 15.6 Å². The minimum atomic E-state index is -0.649. The van der Waals surface area contributed by atoms with Gasteiger partial charge in [-0.1, -0.05) is 6.92 Å². The number of hydrogen-bond acceptors (Lipinski definition) is 4. The lowest BCUT2D eigenvalue weighted by atomic mass is 9.90. The van der Waals surface area contributed by atoms with E-state index in [0.29, 0.717) is 15.5 Å². The average Bonchev–Trinajstić information content (AvgIpc) is 2.95. The molecular formula is C16H17N3O3S. The molecule has 0 unspecified atom stereocenters. The van der Waals surface area contributed by atoms with Gasteiger partial charge in [-0.2, -0.15) is 4.73 Å². The first-order chi connectivity index (χ1) is 11.0. The van der Waals surface area contributed by atoms with E-state index in [1.54, 1.807) is 6.07 Å².